The Balaban J connectivity index is 1.38. The number of carbonyl (C=O) groups excluding carboxylic acids is 1. The highest BCUT2D eigenvalue weighted by Crippen LogP contribution is 2.41. The standard InChI is InChI=1S/C26H22ClFO5/c27-22-14-21-20(26(30)31)11-12-32-24(21)15-25(22)33-19-9-7-17(8-10-19)23(29)6-2-4-16-3-1-5-18(28)13-16/h1,3,5,7-10,13-15,20H,2,4,6,11-12H2,(H,30,31). The van der Waals surface area contributed by atoms with E-state index in [0.29, 0.717) is 60.7 Å². The normalized spacial score (nSPS) is 14.8. The zero-order chi connectivity index (χ0) is 23.4. The van der Waals surface area contributed by atoms with Crippen molar-refractivity contribution < 1.29 is 28.6 Å². The number of benzene rings is 3. The van der Waals surface area contributed by atoms with Crippen molar-refractivity contribution in [1.29, 1.82) is 0 Å². The van der Waals surface area contributed by atoms with Gasteiger partial charge in [-0.15, -0.1) is 0 Å². The Morgan fingerprint density at radius 3 is 2.64 bits per heavy atom. The predicted octanol–water partition coefficient (Wildman–Crippen LogP) is 6.43. The molecule has 1 unspecified atom stereocenters. The van der Waals surface area contributed by atoms with Gasteiger partial charge in [0.15, 0.2) is 5.78 Å². The fourth-order valence-electron chi connectivity index (χ4n) is 3.85. The minimum absolute atomic E-state index is 0.00196. The van der Waals surface area contributed by atoms with Crippen LogP contribution in [-0.4, -0.2) is 23.5 Å². The monoisotopic (exact) mass is 468 g/mol. The molecule has 1 aliphatic heterocycles. The summed E-state index contributed by atoms with van der Waals surface area (Å²) in [5.74, 6) is -0.584. The number of carboxylic acids is 1. The van der Waals surface area contributed by atoms with Gasteiger partial charge in [-0.1, -0.05) is 23.7 Å². The molecule has 0 bridgehead atoms. The molecule has 170 valence electrons. The van der Waals surface area contributed by atoms with Crippen LogP contribution in [-0.2, 0) is 11.2 Å². The lowest BCUT2D eigenvalue weighted by molar-refractivity contribution is -0.139. The topological polar surface area (TPSA) is 72.8 Å². The van der Waals surface area contributed by atoms with Gasteiger partial charge in [-0.05, 0) is 67.3 Å². The van der Waals surface area contributed by atoms with Crippen molar-refractivity contribution in [2.24, 2.45) is 0 Å². The fourth-order valence-corrected chi connectivity index (χ4v) is 4.06. The van der Waals surface area contributed by atoms with Crippen molar-refractivity contribution in [2.45, 2.75) is 31.6 Å². The minimum atomic E-state index is -0.916. The van der Waals surface area contributed by atoms with Crippen molar-refractivity contribution in [2.75, 3.05) is 6.61 Å². The molecule has 0 spiro atoms. The van der Waals surface area contributed by atoms with Crippen LogP contribution in [0.25, 0.3) is 0 Å². The lowest BCUT2D eigenvalue weighted by Crippen LogP contribution is -2.20. The molecular weight excluding hydrogens is 447 g/mol. The highest BCUT2D eigenvalue weighted by molar-refractivity contribution is 6.32. The van der Waals surface area contributed by atoms with Gasteiger partial charge in [-0.2, -0.15) is 0 Å². The van der Waals surface area contributed by atoms with Crippen LogP contribution < -0.4 is 9.47 Å². The molecule has 0 aromatic heterocycles. The van der Waals surface area contributed by atoms with E-state index in [0.717, 1.165) is 5.56 Å². The summed E-state index contributed by atoms with van der Waals surface area (Å²) in [7, 11) is 0. The van der Waals surface area contributed by atoms with Gasteiger partial charge in [0.2, 0.25) is 0 Å². The van der Waals surface area contributed by atoms with E-state index in [2.05, 4.69) is 0 Å². The van der Waals surface area contributed by atoms with Gasteiger partial charge in [0.25, 0.3) is 0 Å². The van der Waals surface area contributed by atoms with Crippen LogP contribution in [0.2, 0.25) is 5.02 Å². The molecule has 0 amide bonds. The summed E-state index contributed by atoms with van der Waals surface area (Å²) in [5, 5.41) is 9.68. The second-order valence-electron chi connectivity index (χ2n) is 7.88. The van der Waals surface area contributed by atoms with E-state index in [-0.39, 0.29) is 16.6 Å². The van der Waals surface area contributed by atoms with Crippen LogP contribution in [0.5, 0.6) is 17.2 Å². The van der Waals surface area contributed by atoms with Crippen LogP contribution in [0.4, 0.5) is 4.39 Å². The number of Topliss-reactive ketones (excluding diaryl/α,β-unsaturated/α-hetero) is 1. The second kappa shape index (κ2) is 10.0. The van der Waals surface area contributed by atoms with Gasteiger partial charge >= 0.3 is 5.97 Å². The highest BCUT2D eigenvalue weighted by Gasteiger charge is 2.29. The molecule has 33 heavy (non-hydrogen) atoms. The van der Waals surface area contributed by atoms with Crippen molar-refractivity contribution in [3.63, 3.8) is 0 Å². The predicted molar refractivity (Wildman–Crippen MR) is 122 cm³/mol. The number of hydrogen-bond acceptors (Lipinski definition) is 4. The van der Waals surface area contributed by atoms with E-state index in [9.17, 15) is 19.1 Å². The maximum absolute atomic E-state index is 13.3. The second-order valence-corrected chi connectivity index (χ2v) is 8.29. The molecule has 1 heterocycles. The molecular formula is C26H22ClFO5. The third-order valence-electron chi connectivity index (χ3n) is 5.56. The first-order valence-corrected chi connectivity index (χ1v) is 11.0. The third-order valence-corrected chi connectivity index (χ3v) is 5.86. The summed E-state index contributed by atoms with van der Waals surface area (Å²) in [5.41, 5.74) is 1.96. The van der Waals surface area contributed by atoms with E-state index in [1.54, 1.807) is 42.5 Å². The summed E-state index contributed by atoms with van der Waals surface area (Å²) in [6.07, 6.45) is 2.00. The first-order valence-electron chi connectivity index (χ1n) is 10.7. The Bertz CT molecular complexity index is 1180. The van der Waals surface area contributed by atoms with Crippen molar-refractivity contribution in [3.05, 3.63) is 88.2 Å². The Labute approximate surface area is 195 Å². The minimum Gasteiger partial charge on any atom is -0.493 e. The number of fused-ring (bicyclic) bond motifs is 1. The number of halogens is 2. The summed E-state index contributed by atoms with van der Waals surface area (Å²) in [6.45, 7) is 0.307. The van der Waals surface area contributed by atoms with E-state index in [4.69, 9.17) is 21.1 Å². The molecule has 0 aliphatic carbocycles. The number of carboxylic acid groups (broad SMARTS) is 1. The molecule has 5 nitrogen and oxygen atoms in total. The van der Waals surface area contributed by atoms with Crippen LogP contribution in [0.1, 0.15) is 46.7 Å². The quantitative estimate of drug-likeness (QED) is 0.386. The summed E-state index contributed by atoms with van der Waals surface area (Å²) < 4.78 is 24.7. The average molecular weight is 469 g/mol. The SMILES string of the molecule is O=C(CCCc1cccc(F)c1)c1ccc(Oc2cc3c(cc2Cl)C(C(=O)O)CCO3)cc1. The lowest BCUT2D eigenvalue weighted by atomic mass is 9.93. The van der Waals surface area contributed by atoms with E-state index >= 15 is 0 Å². The Hall–Kier alpha value is -3.38. The molecule has 1 atom stereocenters. The fraction of sp³-hybridized carbons (Fsp3) is 0.231. The maximum atomic E-state index is 13.3. The Morgan fingerprint density at radius 1 is 1.12 bits per heavy atom. The van der Waals surface area contributed by atoms with Gasteiger partial charge in [-0.3, -0.25) is 9.59 Å². The van der Waals surface area contributed by atoms with Crippen LogP contribution in [0, 0.1) is 5.82 Å². The van der Waals surface area contributed by atoms with Gasteiger partial charge in [0.1, 0.15) is 23.1 Å². The number of aliphatic carboxylic acids is 1. The molecule has 4 rings (SSSR count). The lowest BCUT2D eigenvalue weighted by Gasteiger charge is -2.24. The van der Waals surface area contributed by atoms with Crippen LogP contribution in [0.3, 0.4) is 0 Å². The Kier molecular flexibility index (Phi) is 6.94. The zero-order valence-electron chi connectivity index (χ0n) is 17.7. The molecule has 3 aromatic rings. The summed E-state index contributed by atoms with van der Waals surface area (Å²) in [4.78, 5) is 23.9. The van der Waals surface area contributed by atoms with Crippen molar-refractivity contribution >= 4 is 23.4 Å². The first-order chi connectivity index (χ1) is 15.9. The van der Waals surface area contributed by atoms with Crippen molar-refractivity contribution in [1.82, 2.24) is 0 Å². The molecule has 3 aromatic carbocycles. The summed E-state index contributed by atoms with van der Waals surface area (Å²) >= 11 is 6.33. The number of ketones is 1. The van der Waals surface area contributed by atoms with Crippen LogP contribution in [0.15, 0.2) is 60.7 Å². The van der Waals surface area contributed by atoms with E-state index in [1.807, 2.05) is 6.07 Å². The van der Waals surface area contributed by atoms with E-state index in [1.165, 1.54) is 12.1 Å². The number of ether oxygens (including phenoxy) is 2. The number of hydrogen-bond donors (Lipinski definition) is 1. The molecule has 0 radical (unpaired) electrons. The Morgan fingerprint density at radius 2 is 1.91 bits per heavy atom. The van der Waals surface area contributed by atoms with E-state index < -0.39 is 11.9 Å². The van der Waals surface area contributed by atoms with Crippen molar-refractivity contribution in [3.8, 4) is 17.2 Å². The van der Waals surface area contributed by atoms with Gasteiger partial charge in [0, 0.05) is 23.6 Å². The smallest absolute Gasteiger partial charge is 0.311 e. The number of aryl methyl sites for hydroxylation is 1. The summed E-state index contributed by atoms with van der Waals surface area (Å²) in [6, 6.07) is 16.3. The molecule has 7 heteroatoms. The molecule has 1 N–H and O–H groups in total. The number of carbonyl (C=O) groups is 2. The average Bonchev–Trinajstić information content (AvgIpc) is 2.79. The van der Waals surface area contributed by atoms with Gasteiger partial charge in [0.05, 0.1) is 17.5 Å². The highest BCUT2D eigenvalue weighted by atomic mass is 35.5. The van der Waals surface area contributed by atoms with Gasteiger partial charge in [-0.25, -0.2) is 4.39 Å². The molecule has 1 aliphatic rings. The molecule has 0 saturated carbocycles. The number of rotatable bonds is 8. The zero-order valence-corrected chi connectivity index (χ0v) is 18.5. The first kappa shape index (κ1) is 22.8. The molecule has 0 saturated heterocycles. The maximum Gasteiger partial charge on any atom is 0.311 e. The third kappa shape index (κ3) is 5.52. The van der Waals surface area contributed by atoms with Gasteiger partial charge < -0.3 is 14.6 Å². The molecule has 0 fully saturated rings. The van der Waals surface area contributed by atoms with Crippen LogP contribution >= 0.6 is 11.6 Å². The largest absolute Gasteiger partial charge is 0.493 e.